The van der Waals surface area contributed by atoms with Gasteiger partial charge in [0.25, 0.3) is 8.32 Å². The third-order valence-corrected chi connectivity index (χ3v) is 26.5. The number of benzene rings is 2. The van der Waals surface area contributed by atoms with Gasteiger partial charge in [-0.3, -0.25) is 0 Å². The van der Waals surface area contributed by atoms with Crippen LogP contribution < -0.4 is 10.4 Å². The van der Waals surface area contributed by atoms with Crippen molar-refractivity contribution in [1.29, 1.82) is 0 Å². The maximum Gasteiger partial charge on any atom is 0.261 e. The van der Waals surface area contributed by atoms with E-state index in [1.165, 1.54) is 10.4 Å². The van der Waals surface area contributed by atoms with Crippen molar-refractivity contribution in [1.82, 2.24) is 0 Å². The molecule has 0 radical (unpaired) electrons. The van der Waals surface area contributed by atoms with Crippen LogP contribution in [0, 0.1) is 0 Å². The second-order valence-electron chi connectivity index (χ2n) is 19.9. The number of aldehydes is 1. The molecular weight excluding hydrogens is 797 g/mol. The summed E-state index contributed by atoms with van der Waals surface area (Å²) in [5, 5.41) is 2.60. The Morgan fingerprint density at radius 3 is 2.00 bits per heavy atom. The molecule has 324 valence electrons. The van der Waals surface area contributed by atoms with Crippen LogP contribution in [0.4, 0.5) is 0 Å². The lowest BCUT2D eigenvalue weighted by atomic mass is 9.79. The van der Waals surface area contributed by atoms with Crippen molar-refractivity contribution in [3.63, 3.8) is 0 Å². The zero-order valence-corrected chi connectivity index (χ0v) is 41.1. The maximum atomic E-state index is 12.8. The van der Waals surface area contributed by atoms with Gasteiger partial charge in [0.15, 0.2) is 14.6 Å². The Morgan fingerprint density at radius 2 is 1.45 bits per heavy atom. The molecule has 0 spiro atoms. The second kappa shape index (κ2) is 18.8. The van der Waals surface area contributed by atoms with Crippen LogP contribution in [0.25, 0.3) is 0 Å². The molecule has 11 heteroatoms. The summed E-state index contributed by atoms with van der Waals surface area (Å²) < 4.78 is 42.6. The summed E-state index contributed by atoms with van der Waals surface area (Å²) in [5.74, 6) is 1.89. The Morgan fingerprint density at radius 1 is 0.828 bits per heavy atom. The van der Waals surface area contributed by atoms with Crippen molar-refractivity contribution in [2.24, 2.45) is 0 Å². The molecule has 4 saturated heterocycles. The van der Waals surface area contributed by atoms with E-state index in [2.05, 4.69) is 136 Å². The summed E-state index contributed by atoms with van der Waals surface area (Å²) in [6.07, 6.45) is 6.69. The van der Waals surface area contributed by atoms with Gasteiger partial charge in [-0.1, -0.05) is 116 Å². The topological polar surface area (TPSA) is 72.5 Å². The zero-order chi connectivity index (χ0) is 42.0. The molecule has 9 atom stereocenters. The molecule has 4 heterocycles. The van der Waals surface area contributed by atoms with Crippen LogP contribution in [-0.2, 0) is 32.6 Å². The fraction of sp³-hybridized carbons (Fsp3) is 0.723. The van der Waals surface area contributed by atoms with Crippen molar-refractivity contribution in [2.45, 2.75) is 195 Å². The summed E-state index contributed by atoms with van der Waals surface area (Å²) in [7, 11) is -4.79. The average Bonchev–Trinajstić information content (AvgIpc) is 3.16. The van der Waals surface area contributed by atoms with E-state index in [0.717, 1.165) is 62.7 Å². The van der Waals surface area contributed by atoms with E-state index in [1.54, 1.807) is 0 Å². The molecule has 6 rings (SSSR count). The summed E-state index contributed by atoms with van der Waals surface area (Å²) in [4.78, 5) is 12.8. The number of ether oxygens (including phenoxy) is 4. The Bertz CT molecular complexity index is 1570. The number of thioether (sulfide) groups is 2. The second-order valence-corrected chi connectivity index (χ2v) is 32.4. The molecule has 7 nitrogen and oxygen atoms in total. The predicted octanol–water partition coefficient (Wildman–Crippen LogP) is 9.94. The smallest absolute Gasteiger partial charge is 0.261 e. The first-order chi connectivity index (χ1) is 27.4. The molecule has 2 aromatic rings. The molecule has 4 aliphatic heterocycles. The van der Waals surface area contributed by atoms with Crippen LogP contribution in [0.2, 0.25) is 23.2 Å². The molecule has 0 N–H and O–H groups in total. The van der Waals surface area contributed by atoms with E-state index < -0.39 is 28.3 Å². The molecule has 0 bridgehead atoms. The van der Waals surface area contributed by atoms with Gasteiger partial charge in [0, 0.05) is 25.9 Å². The van der Waals surface area contributed by atoms with Crippen LogP contribution in [-0.4, -0.2) is 99.5 Å². The quantitative estimate of drug-likeness (QED) is 0.0799. The van der Waals surface area contributed by atoms with Crippen LogP contribution in [0.3, 0.4) is 0 Å². The Hall–Kier alpha value is -0.996. The van der Waals surface area contributed by atoms with Crippen molar-refractivity contribution in [3.8, 4) is 0 Å². The number of fused-ring (bicyclic) bond motifs is 3. The lowest BCUT2D eigenvalue weighted by Gasteiger charge is -2.57. The first kappa shape index (κ1) is 46.5. The maximum absolute atomic E-state index is 12.8. The fourth-order valence-electron chi connectivity index (χ4n) is 9.93. The first-order valence-corrected chi connectivity index (χ1v) is 29.0. The van der Waals surface area contributed by atoms with E-state index >= 15 is 0 Å². The minimum Gasteiger partial charge on any atom is -0.411 e. The highest BCUT2D eigenvalue weighted by atomic mass is 32.2. The van der Waals surface area contributed by atoms with Crippen molar-refractivity contribution < 1.29 is 32.6 Å². The van der Waals surface area contributed by atoms with E-state index in [9.17, 15) is 4.79 Å². The highest BCUT2D eigenvalue weighted by molar-refractivity contribution is 8.18. The molecule has 0 unspecified atom stereocenters. The first-order valence-electron chi connectivity index (χ1n) is 22.2. The summed E-state index contributed by atoms with van der Waals surface area (Å²) in [6.45, 7) is 25.8. The van der Waals surface area contributed by atoms with Gasteiger partial charge in [0.05, 0.1) is 46.3 Å². The van der Waals surface area contributed by atoms with Gasteiger partial charge in [0.2, 0.25) is 0 Å². The summed E-state index contributed by atoms with van der Waals surface area (Å²) >= 11 is 3.74. The van der Waals surface area contributed by atoms with Crippen molar-refractivity contribution in [2.75, 3.05) is 18.1 Å². The number of hydrogen-bond donors (Lipinski definition) is 0. The zero-order valence-electron chi connectivity index (χ0n) is 37.4. The molecule has 58 heavy (non-hydrogen) atoms. The largest absolute Gasteiger partial charge is 0.411 e. The minimum atomic E-state index is -2.63. The van der Waals surface area contributed by atoms with Crippen molar-refractivity contribution in [3.05, 3.63) is 60.7 Å². The molecule has 0 amide bonds. The lowest BCUT2D eigenvalue weighted by Crippen LogP contribution is -2.66. The number of carbonyl (C=O) groups is 1. The SMILES string of the molecule is CCSC1(SCC)CCC[C@H]2O[C@H]3C[C@H]4O[C@H](CCCO[Si](c5ccccc5)(c5ccccc5)C(C)(C)C)C[C@H](O[Si](C)(C)C(C)(C)C)[C@@H]4O[C@@H]3C[C@]2(C)O[C@@H]1C=O. The molecule has 2 aromatic carbocycles. The highest BCUT2D eigenvalue weighted by Crippen LogP contribution is 2.52. The number of rotatable bonds is 14. The molecular formula is C47H74O7S2Si2. The summed E-state index contributed by atoms with van der Waals surface area (Å²) in [6, 6.07) is 21.8. The molecule has 0 saturated carbocycles. The van der Waals surface area contributed by atoms with E-state index in [1.807, 2.05) is 23.5 Å². The lowest BCUT2D eigenvalue weighted by molar-refractivity contribution is -0.310. The van der Waals surface area contributed by atoms with Gasteiger partial charge in [-0.05, 0) is 84.1 Å². The fourth-order valence-corrected chi connectivity index (χ4v) is 19.0. The van der Waals surface area contributed by atoms with Crippen LogP contribution in [0.5, 0.6) is 0 Å². The van der Waals surface area contributed by atoms with Gasteiger partial charge in [-0.15, -0.1) is 23.5 Å². The Labute approximate surface area is 361 Å². The monoisotopic (exact) mass is 870 g/mol. The molecule has 4 aliphatic rings. The van der Waals surface area contributed by atoms with E-state index in [4.69, 9.17) is 27.8 Å². The van der Waals surface area contributed by atoms with Crippen LogP contribution >= 0.6 is 23.5 Å². The van der Waals surface area contributed by atoms with E-state index in [-0.39, 0.29) is 56.9 Å². The summed E-state index contributed by atoms with van der Waals surface area (Å²) in [5.41, 5.74) is -0.632. The van der Waals surface area contributed by atoms with Crippen LogP contribution in [0.15, 0.2) is 60.7 Å². The molecule has 0 aliphatic carbocycles. The molecule has 4 fully saturated rings. The third-order valence-electron chi connectivity index (χ3n) is 13.8. The van der Waals surface area contributed by atoms with Crippen LogP contribution in [0.1, 0.15) is 114 Å². The standard InChI is InChI=1S/C47H74O7S2Si2/c1-12-55-47(56-13-2)28-20-27-41-46(9,53-42(47)33-48)32-40-37(51-41)31-38-43(52-40)39(54-57(10,11)44(3,4)5)30-34(50-38)22-21-29-49-58(45(6,7)8,35-23-16-14-17-24-35)36-25-18-15-19-26-36/h14-19,23-26,33-34,37-43H,12-13,20-22,27-32H2,1-11H3/t34-,37+,38-,39+,40-,41-,42-,43-,46+/m1/s1. The minimum absolute atomic E-state index is 0.0334. The van der Waals surface area contributed by atoms with Gasteiger partial charge in [-0.2, -0.15) is 0 Å². The Balaban J connectivity index is 1.20. The van der Waals surface area contributed by atoms with Gasteiger partial charge in [0.1, 0.15) is 12.2 Å². The van der Waals surface area contributed by atoms with Gasteiger partial charge in [-0.25, -0.2) is 0 Å². The third kappa shape index (κ3) is 9.64. The normalized spacial score (nSPS) is 31.9. The van der Waals surface area contributed by atoms with Gasteiger partial charge >= 0.3 is 0 Å². The van der Waals surface area contributed by atoms with Crippen molar-refractivity contribution >= 4 is 56.8 Å². The number of carbonyl (C=O) groups excluding carboxylic acids is 1. The Kier molecular flexibility index (Phi) is 15.1. The molecule has 0 aromatic heterocycles. The predicted molar refractivity (Wildman–Crippen MR) is 247 cm³/mol. The average molecular weight is 871 g/mol. The van der Waals surface area contributed by atoms with Gasteiger partial charge < -0.3 is 32.6 Å². The number of hydrogen-bond acceptors (Lipinski definition) is 9. The van der Waals surface area contributed by atoms with E-state index in [0.29, 0.717) is 13.0 Å². The highest BCUT2D eigenvalue weighted by Gasteiger charge is 2.58.